The average molecular weight is 299 g/mol. The number of piperidine rings is 1. The highest BCUT2D eigenvalue weighted by atomic mass is 16.3. The fourth-order valence-corrected chi connectivity index (χ4v) is 4.41. The van der Waals surface area contributed by atoms with E-state index in [-0.39, 0.29) is 0 Å². The number of nitrogens with zero attached hydrogens (tertiary/aromatic N) is 1. The van der Waals surface area contributed by atoms with E-state index in [1.807, 2.05) is 6.08 Å². The second kappa shape index (κ2) is 6.97. The van der Waals surface area contributed by atoms with Crippen molar-refractivity contribution in [3.8, 4) is 0 Å². The van der Waals surface area contributed by atoms with Crippen LogP contribution in [0.5, 0.6) is 0 Å². The molecule has 1 aromatic carbocycles. The minimum atomic E-state index is -0.416. The zero-order valence-corrected chi connectivity index (χ0v) is 13.6. The lowest BCUT2D eigenvalue weighted by Gasteiger charge is -2.44. The normalized spacial score (nSPS) is 31.3. The van der Waals surface area contributed by atoms with E-state index >= 15 is 0 Å². The Bertz CT molecular complexity index is 470. The van der Waals surface area contributed by atoms with Crippen molar-refractivity contribution in [2.24, 2.45) is 0 Å². The molecule has 0 aliphatic carbocycles. The van der Waals surface area contributed by atoms with Crippen LogP contribution in [-0.2, 0) is 6.54 Å². The Kier molecular flexibility index (Phi) is 5.00. The van der Waals surface area contributed by atoms with Crippen LogP contribution in [0.15, 0.2) is 43.0 Å². The number of hydrogen-bond donors (Lipinski definition) is 1. The molecule has 1 aromatic rings. The number of benzene rings is 1. The largest absolute Gasteiger partial charge is 0.390 e. The molecule has 2 atom stereocenters. The fraction of sp³-hybridized carbons (Fsp3) is 0.600. The van der Waals surface area contributed by atoms with Gasteiger partial charge in [-0.2, -0.15) is 0 Å². The first-order valence-corrected chi connectivity index (χ1v) is 8.83. The van der Waals surface area contributed by atoms with Gasteiger partial charge in [-0.25, -0.2) is 0 Å². The maximum atomic E-state index is 11.0. The number of hydrogen-bond acceptors (Lipinski definition) is 2. The van der Waals surface area contributed by atoms with Crippen LogP contribution in [0.3, 0.4) is 0 Å². The Morgan fingerprint density at radius 1 is 1.14 bits per heavy atom. The summed E-state index contributed by atoms with van der Waals surface area (Å²) in [7, 11) is 0. The molecule has 120 valence electrons. The minimum absolute atomic E-state index is 0.416. The zero-order chi connectivity index (χ0) is 15.4. The van der Waals surface area contributed by atoms with Gasteiger partial charge >= 0.3 is 0 Å². The number of unbranched alkanes of at least 4 members (excludes halogenated alkanes) is 2. The Balaban J connectivity index is 1.57. The summed E-state index contributed by atoms with van der Waals surface area (Å²) < 4.78 is 0. The third kappa shape index (κ3) is 3.61. The van der Waals surface area contributed by atoms with E-state index in [2.05, 4.69) is 41.8 Å². The van der Waals surface area contributed by atoms with Crippen LogP contribution in [0.2, 0.25) is 0 Å². The molecule has 3 rings (SSSR count). The van der Waals surface area contributed by atoms with Gasteiger partial charge < -0.3 is 5.11 Å². The molecule has 0 radical (unpaired) electrons. The molecule has 2 aliphatic heterocycles. The Labute approximate surface area is 134 Å². The van der Waals surface area contributed by atoms with Gasteiger partial charge in [-0.15, -0.1) is 6.58 Å². The SMILES string of the molecule is C=CCCCCC1(O)CC2CCC(C1)N2Cc1ccccc1. The molecule has 2 aliphatic rings. The molecule has 2 bridgehead atoms. The van der Waals surface area contributed by atoms with Crippen molar-refractivity contribution in [3.05, 3.63) is 48.6 Å². The van der Waals surface area contributed by atoms with Gasteiger partial charge in [0.25, 0.3) is 0 Å². The lowest BCUT2D eigenvalue weighted by molar-refractivity contribution is -0.0610. The Morgan fingerprint density at radius 2 is 1.82 bits per heavy atom. The van der Waals surface area contributed by atoms with Crippen molar-refractivity contribution in [1.82, 2.24) is 4.90 Å². The van der Waals surface area contributed by atoms with Gasteiger partial charge in [-0.3, -0.25) is 4.90 Å². The zero-order valence-electron chi connectivity index (χ0n) is 13.6. The first-order valence-electron chi connectivity index (χ1n) is 8.83. The molecule has 2 fully saturated rings. The van der Waals surface area contributed by atoms with Crippen LogP contribution in [0.25, 0.3) is 0 Å². The number of fused-ring (bicyclic) bond motifs is 2. The predicted molar refractivity (Wildman–Crippen MR) is 91.6 cm³/mol. The molecule has 1 N–H and O–H groups in total. The first kappa shape index (κ1) is 15.8. The highest BCUT2D eigenvalue weighted by Gasteiger charge is 2.46. The summed E-state index contributed by atoms with van der Waals surface area (Å²) in [5.41, 5.74) is 0.982. The van der Waals surface area contributed by atoms with Crippen molar-refractivity contribution < 1.29 is 5.11 Å². The molecule has 0 amide bonds. The standard InChI is InChI=1S/C20H29NO/c1-2-3-4-8-13-20(22)14-18-11-12-19(15-20)21(18)16-17-9-6-5-7-10-17/h2,5-7,9-10,18-19,22H,1,3-4,8,11-16H2. The molecule has 2 heteroatoms. The second-order valence-corrected chi connectivity index (χ2v) is 7.21. The quantitative estimate of drug-likeness (QED) is 0.599. The van der Waals surface area contributed by atoms with Crippen molar-refractivity contribution in [1.29, 1.82) is 0 Å². The number of aliphatic hydroxyl groups is 1. The molecule has 22 heavy (non-hydrogen) atoms. The summed E-state index contributed by atoms with van der Waals surface area (Å²) in [6.07, 6.45) is 10.7. The van der Waals surface area contributed by atoms with Gasteiger partial charge in [0.15, 0.2) is 0 Å². The third-order valence-corrected chi connectivity index (χ3v) is 5.51. The van der Waals surface area contributed by atoms with Gasteiger partial charge in [-0.05, 0) is 50.5 Å². The van der Waals surface area contributed by atoms with Crippen LogP contribution in [-0.4, -0.2) is 27.7 Å². The van der Waals surface area contributed by atoms with Gasteiger partial charge in [-0.1, -0.05) is 42.8 Å². The molecule has 0 aromatic heterocycles. The maximum absolute atomic E-state index is 11.0. The fourth-order valence-electron chi connectivity index (χ4n) is 4.41. The minimum Gasteiger partial charge on any atom is -0.390 e. The summed E-state index contributed by atoms with van der Waals surface area (Å²) in [6, 6.07) is 11.9. The van der Waals surface area contributed by atoms with E-state index in [4.69, 9.17) is 0 Å². The van der Waals surface area contributed by atoms with E-state index in [0.29, 0.717) is 12.1 Å². The van der Waals surface area contributed by atoms with Crippen molar-refractivity contribution >= 4 is 0 Å². The number of rotatable bonds is 7. The van der Waals surface area contributed by atoms with Crippen molar-refractivity contribution in [3.63, 3.8) is 0 Å². The molecule has 2 saturated heterocycles. The molecular formula is C20H29NO. The summed E-state index contributed by atoms with van der Waals surface area (Å²) >= 11 is 0. The molecule has 2 unspecified atom stereocenters. The van der Waals surface area contributed by atoms with Crippen LogP contribution in [0, 0.1) is 0 Å². The van der Waals surface area contributed by atoms with Gasteiger partial charge in [0, 0.05) is 18.6 Å². The van der Waals surface area contributed by atoms with Crippen LogP contribution < -0.4 is 0 Å². The predicted octanol–water partition coefficient (Wildman–Crippen LogP) is 4.29. The lowest BCUT2D eigenvalue weighted by atomic mass is 9.82. The van der Waals surface area contributed by atoms with Gasteiger partial charge in [0.05, 0.1) is 5.60 Å². The van der Waals surface area contributed by atoms with Crippen LogP contribution in [0.4, 0.5) is 0 Å². The number of allylic oxidation sites excluding steroid dienone is 1. The Morgan fingerprint density at radius 3 is 2.45 bits per heavy atom. The molecule has 2 nitrogen and oxygen atoms in total. The van der Waals surface area contributed by atoms with Crippen molar-refractivity contribution in [2.75, 3.05) is 0 Å². The van der Waals surface area contributed by atoms with Crippen LogP contribution >= 0.6 is 0 Å². The summed E-state index contributed by atoms with van der Waals surface area (Å²) in [5.74, 6) is 0. The lowest BCUT2D eigenvalue weighted by Crippen LogP contribution is -2.50. The smallest absolute Gasteiger partial charge is 0.0677 e. The molecule has 2 heterocycles. The van der Waals surface area contributed by atoms with E-state index in [1.54, 1.807) is 0 Å². The molecule has 0 saturated carbocycles. The van der Waals surface area contributed by atoms with Crippen LogP contribution in [0.1, 0.15) is 56.9 Å². The third-order valence-electron chi connectivity index (χ3n) is 5.51. The summed E-state index contributed by atoms with van der Waals surface area (Å²) in [6.45, 7) is 4.82. The summed E-state index contributed by atoms with van der Waals surface area (Å²) in [4.78, 5) is 2.65. The average Bonchev–Trinajstić information content (AvgIpc) is 2.77. The van der Waals surface area contributed by atoms with Gasteiger partial charge in [0.1, 0.15) is 0 Å². The summed E-state index contributed by atoms with van der Waals surface area (Å²) in [5, 5.41) is 11.0. The van der Waals surface area contributed by atoms with E-state index in [9.17, 15) is 5.11 Å². The van der Waals surface area contributed by atoms with E-state index in [1.165, 1.54) is 18.4 Å². The van der Waals surface area contributed by atoms with E-state index in [0.717, 1.165) is 45.1 Å². The van der Waals surface area contributed by atoms with E-state index < -0.39 is 5.60 Å². The first-order chi connectivity index (χ1) is 10.7. The topological polar surface area (TPSA) is 23.5 Å². The van der Waals surface area contributed by atoms with Gasteiger partial charge in [0.2, 0.25) is 0 Å². The molecule has 0 spiro atoms. The highest BCUT2D eigenvalue weighted by molar-refractivity contribution is 5.16. The second-order valence-electron chi connectivity index (χ2n) is 7.21. The Hall–Kier alpha value is -1.12. The van der Waals surface area contributed by atoms with Crippen molar-refractivity contribution in [2.45, 2.75) is 75.6 Å². The monoisotopic (exact) mass is 299 g/mol. The highest BCUT2D eigenvalue weighted by Crippen LogP contribution is 2.43. The maximum Gasteiger partial charge on any atom is 0.0677 e. The molecular weight excluding hydrogens is 270 g/mol.